The molecule has 1 amide bonds. The van der Waals surface area contributed by atoms with E-state index in [-0.39, 0.29) is 35.4 Å². The summed E-state index contributed by atoms with van der Waals surface area (Å²) in [4.78, 5) is 23.1. The van der Waals surface area contributed by atoms with Crippen LogP contribution in [-0.2, 0) is 17.4 Å². The Morgan fingerprint density at radius 2 is 1.85 bits per heavy atom. The van der Waals surface area contributed by atoms with E-state index in [1.54, 1.807) is 18.2 Å². The second kappa shape index (κ2) is 6.82. The molecule has 26 heavy (non-hydrogen) atoms. The van der Waals surface area contributed by atoms with Crippen LogP contribution < -0.4 is 5.32 Å². The van der Waals surface area contributed by atoms with E-state index in [0.29, 0.717) is 12.0 Å². The number of carbonyl (C=O) groups is 2. The fraction of sp³-hybridized carbons (Fsp3) is 0.263. The standard InChI is InChI=1S/C19H16F3NO3/c20-19(21,22)15-7-2-1-6-13(15)14-10-16(14)23-17(24)9-11-4-3-5-12(8-11)18(25)26/h1-8,14,16H,9-10H2,(H,23,24)(H,25,26). The van der Waals surface area contributed by atoms with Gasteiger partial charge in [0.25, 0.3) is 0 Å². The van der Waals surface area contributed by atoms with Crippen molar-refractivity contribution in [3.8, 4) is 0 Å². The molecule has 1 aliphatic carbocycles. The smallest absolute Gasteiger partial charge is 0.416 e. The summed E-state index contributed by atoms with van der Waals surface area (Å²) in [6.07, 6.45) is -4.00. The van der Waals surface area contributed by atoms with Crippen molar-refractivity contribution in [2.45, 2.75) is 31.0 Å². The maximum atomic E-state index is 13.1. The van der Waals surface area contributed by atoms with Crippen LogP contribution in [0, 0.1) is 0 Å². The van der Waals surface area contributed by atoms with Gasteiger partial charge in [-0.15, -0.1) is 0 Å². The number of nitrogens with one attached hydrogen (secondary N) is 1. The van der Waals surface area contributed by atoms with Crippen molar-refractivity contribution in [2.24, 2.45) is 0 Å². The summed E-state index contributed by atoms with van der Waals surface area (Å²) in [6, 6.07) is 11.1. The number of carbonyl (C=O) groups excluding carboxylic acids is 1. The van der Waals surface area contributed by atoms with Crippen molar-refractivity contribution in [1.29, 1.82) is 0 Å². The van der Waals surface area contributed by atoms with Crippen molar-refractivity contribution in [3.63, 3.8) is 0 Å². The maximum Gasteiger partial charge on any atom is 0.416 e. The summed E-state index contributed by atoms with van der Waals surface area (Å²) in [7, 11) is 0. The van der Waals surface area contributed by atoms with Gasteiger partial charge >= 0.3 is 12.1 Å². The molecule has 0 radical (unpaired) electrons. The number of aromatic carboxylic acids is 1. The van der Waals surface area contributed by atoms with Crippen LogP contribution in [-0.4, -0.2) is 23.0 Å². The monoisotopic (exact) mass is 363 g/mol. The largest absolute Gasteiger partial charge is 0.478 e. The van der Waals surface area contributed by atoms with Crippen LogP contribution >= 0.6 is 0 Å². The molecule has 1 fully saturated rings. The molecule has 0 aromatic heterocycles. The quantitative estimate of drug-likeness (QED) is 0.853. The lowest BCUT2D eigenvalue weighted by molar-refractivity contribution is -0.138. The number of carboxylic acids is 1. The summed E-state index contributed by atoms with van der Waals surface area (Å²) in [6.45, 7) is 0. The average molecular weight is 363 g/mol. The van der Waals surface area contributed by atoms with E-state index in [1.165, 1.54) is 24.3 Å². The Balaban J connectivity index is 1.63. The molecule has 0 spiro atoms. The maximum absolute atomic E-state index is 13.1. The second-order valence-electron chi connectivity index (χ2n) is 6.28. The molecule has 0 saturated heterocycles. The first-order valence-electron chi connectivity index (χ1n) is 8.03. The van der Waals surface area contributed by atoms with Crippen LogP contribution in [0.3, 0.4) is 0 Å². The SMILES string of the molecule is O=C(Cc1cccc(C(=O)O)c1)NC1CC1c1ccccc1C(F)(F)F. The van der Waals surface area contributed by atoms with Gasteiger partial charge in [0.15, 0.2) is 0 Å². The highest BCUT2D eigenvalue weighted by Gasteiger charge is 2.44. The van der Waals surface area contributed by atoms with Crippen LogP contribution in [0.25, 0.3) is 0 Å². The van der Waals surface area contributed by atoms with Crippen molar-refractivity contribution in [2.75, 3.05) is 0 Å². The molecule has 0 bridgehead atoms. The van der Waals surface area contributed by atoms with E-state index in [0.717, 1.165) is 6.07 Å². The molecule has 0 aliphatic heterocycles. The molecule has 1 aliphatic rings. The first-order valence-corrected chi connectivity index (χ1v) is 8.03. The normalized spacial score (nSPS) is 19.0. The topological polar surface area (TPSA) is 66.4 Å². The third-order valence-corrected chi connectivity index (χ3v) is 4.34. The number of hydrogen-bond donors (Lipinski definition) is 2. The molecule has 2 aromatic carbocycles. The fourth-order valence-corrected chi connectivity index (χ4v) is 3.03. The van der Waals surface area contributed by atoms with E-state index in [4.69, 9.17) is 5.11 Å². The Hall–Kier alpha value is -2.83. The van der Waals surface area contributed by atoms with Crippen molar-refractivity contribution >= 4 is 11.9 Å². The minimum Gasteiger partial charge on any atom is -0.478 e. The molecule has 2 aromatic rings. The van der Waals surface area contributed by atoms with Gasteiger partial charge in [-0.1, -0.05) is 30.3 Å². The third kappa shape index (κ3) is 4.04. The lowest BCUT2D eigenvalue weighted by Crippen LogP contribution is -2.28. The second-order valence-corrected chi connectivity index (χ2v) is 6.28. The van der Waals surface area contributed by atoms with Crippen molar-refractivity contribution in [1.82, 2.24) is 5.32 Å². The molecule has 3 rings (SSSR count). The van der Waals surface area contributed by atoms with Crippen LogP contribution in [0.1, 0.15) is 39.4 Å². The van der Waals surface area contributed by atoms with Gasteiger partial charge in [0.05, 0.1) is 17.5 Å². The van der Waals surface area contributed by atoms with Gasteiger partial charge in [0.1, 0.15) is 0 Å². The number of rotatable bonds is 5. The summed E-state index contributed by atoms with van der Waals surface area (Å²) in [5.74, 6) is -1.79. The van der Waals surface area contributed by atoms with E-state index in [9.17, 15) is 22.8 Å². The summed E-state index contributed by atoms with van der Waals surface area (Å²) in [5.41, 5.74) is 0.142. The van der Waals surface area contributed by atoms with Crippen molar-refractivity contribution < 1.29 is 27.9 Å². The highest BCUT2D eigenvalue weighted by Crippen LogP contribution is 2.46. The number of carboxylic acid groups (broad SMARTS) is 1. The molecule has 2 atom stereocenters. The van der Waals surface area contributed by atoms with Gasteiger partial charge < -0.3 is 10.4 Å². The lowest BCUT2D eigenvalue weighted by atomic mass is 10.0. The van der Waals surface area contributed by atoms with Gasteiger partial charge in [-0.05, 0) is 35.7 Å². The fourth-order valence-electron chi connectivity index (χ4n) is 3.03. The molecule has 1 saturated carbocycles. The molecule has 4 nitrogen and oxygen atoms in total. The van der Waals surface area contributed by atoms with E-state index in [2.05, 4.69) is 5.32 Å². The minimum absolute atomic E-state index is 0.0226. The predicted molar refractivity (Wildman–Crippen MR) is 87.8 cm³/mol. The molecule has 2 unspecified atom stereocenters. The number of amides is 1. The van der Waals surface area contributed by atoms with Gasteiger partial charge in [-0.3, -0.25) is 4.79 Å². The molecular weight excluding hydrogens is 347 g/mol. The zero-order valence-corrected chi connectivity index (χ0v) is 13.6. The molecular formula is C19H16F3NO3. The highest BCUT2D eigenvalue weighted by atomic mass is 19.4. The van der Waals surface area contributed by atoms with E-state index in [1.807, 2.05) is 0 Å². The molecule has 0 heterocycles. The van der Waals surface area contributed by atoms with E-state index < -0.39 is 17.7 Å². The summed E-state index contributed by atoms with van der Waals surface area (Å²) >= 11 is 0. The first kappa shape index (κ1) is 18.0. The zero-order valence-electron chi connectivity index (χ0n) is 13.6. The Morgan fingerprint density at radius 3 is 2.54 bits per heavy atom. The zero-order chi connectivity index (χ0) is 18.9. The van der Waals surface area contributed by atoms with Gasteiger partial charge in [-0.25, -0.2) is 4.79 Å². The average Bonchev–Trinajstić information content (AvgIpc) is 3.33. The van der Waals surface area contributed by atoms with Crippen LogP contribution in [0.4, 0.5) is 13.2 Å². The molecule has 136 valence electrons. The van der Waals surface area contributed by atoms with Crippen molar-refractivity contribution in [3.05, 3.63) is 70.8 Å². The van der Waals surface area contributed by atoms with E-state index >= 15 is 0 Å². The van der Waals surface area contributed by atoms with Crippen LogP contribution in [0.5, 0.6) is 0 Å². The number of alkyl halides is 3. The van der Waals surface area contributed by atoms with Crippen LogP contribution in [0.15, 0.2) is 48.5 Å². The Kier molecular flexibility index (Phi) is 4.71. The third-order valence-electron chi connectivity index (χ3n) is 4.34. The summed E-state index contributed by atoms with van der Waals surface area (Å²) < 4.78 is 39.2. The first-order chi connectivity index (χ1) is 12.3. The molecule has 2 N–H and O–H groups in total. The van der Waals surface area contributed by atoms with Crippen LogP contribution in [0.2, 0.25) is 0 Å². The highest BCUT2D eigenvalue weighted by molar-refractivity contribution is 5.88. The Bertz CT molecular complexity index is 848. The van der Waals surface area contributed by atoms with Gasteiger partial charge in [0, 0.05) is 12.0 Å². The summed E-state index contributed by atoms with van der Waals surface area (Å²) in [5, 5.41) is 11.7. The lowest BCUT2D eigenvalue weighted by Gasteiger charge is -2.12. The number of hydrogen-bond acceptors (Lipinski definition) is 2. The van der Waals surface area contributed by atoms with Gasteiger partial charge in [-0.2, -0.15) is 13.2 Å². The van der Waals surface area contributed by atoms with Gasteiger partial charge in [0.2, 0.25) is 5.91 Å². The minimum atomic E-state index is -4.43. The number of benzene rings is 2. The number of halogens is 3. The Morgan fingerprint density at radius 1 is 1.12 bits per heavy atom. The molecule has 7 heteroatoms. The Labute approximate surface area is 147 Å². The predicted octanol–water partition coefficient (Wildman–Crippen LogP) is 3.62.